The fourth-order valence-electron chi connectivity index (χ4n) is 2.95. The molecule has 0 aliphatic carbocycles. The predicted octanol–water partition coefficient (Wildman–Crippen LogP) is 6.94. The van der Waals surface area contributed by atoms with Gasteiger partial charge in [-0.3, -0.25) is 4.79 Å². The maximum absolute atomic E-state index is 12.6. The summed E-state index contributed by atoms with van der Waals surface area (Å²) in [7, 11) is 0. The van der Waals surface area contributed by atoms with Crippen LogP contribution in [0.3, 0.4) is 0 Å². The van der Waals surface area contributed by atoms with Crippen LogP contribution in [0.25, 0.3) is 17.4 Å². The summed E-state index contributed by atoms with van der Waals surface area (Å²) in [6.07, 6.45) is 1.40. The van der Waals surface area contributed by atoms with E-state index in [4.69, 9.17) is 20.8 Å². The Morgan fingerprint density at radius 3 is 2.41 bits per heavy atom. The number of hydrogen-bond donors (Lipinski definition) is 1. The summed E-state index contributed by atoms with van der Waals surface area (Å²) in [6.45, 7) is 0. The van der Waals surface area contributed by atoms with Crippen molar-refractivity contribution in [2.75, 3.05) is 5.32 Å². The number of para-hydroxylation sites is 1. The van der Waals surface area contributed by atoms with E-state index in [0.29, 0.717) is 28.0 Å². The van der Waals surface area contributed by atoms with Gasteiger partial charge in [-0.15, -0.1) is 0 Å². The van der Waals surface area contributed by atoms with Crippen molar-refractivity contribution in [2.45, 2.75) is 0 Å². The van der Waals surface area contributed by atoms with Crippen molar-refractivity contribution in [3.05, 3.63) is 107 Å². The minimum Gasteiger partial charge on any atom is -0.457 e. The number of rotatable bonds is 6. The summed E-state index contributed by atoms with van der Waals surface area (Å²) in [5.41, 5.74) is 1.26. The summed E-state index contributed by atoms with van der Waals surface area (Å²) in [5.74, 6) is 1.79. The van der Waals surface area contributed by atoms with E-state index in [9.17, 15) is 10.1 Å². The Morgan fingerprint density at radius 2 is 1.69 bits per heavy atom. The Morgan fingerprint density at radius 1 is 0.938 bits per heavy atom. The van der Waals surface area contributed by atoms with Crippen LogP contribution in [-0.4, -0.2) is 5.91 Å². The summed E-state index contributed by atoms with van der Waals surface area (Å²) in [6, 6.07) is 28.9. The first-order chi connectivity index (χ1) is 15.6. The Kier molecular flexibility index (Phi) is 6.35. The number of nitrogens with one attached hydrogen (secondary N) is 1. The molecule has 0 atom stereocenters. The molecule has 4 aromatic rings. The molecule has 1 N–H and O–H groups in total. The Hall–Kier alpha value is -4.27. The molecule has 0 aliphatic rings. The number of anilines is 1. The fourth-order valence-corrected chi connectivity index (χ4v) is 3.14. The van der Waals surface area contributed by atoms with E-state index in [1.165, 1.54) is 6.08 Å². The van der Waals surface area contributed by atoms with Crippen molar-refractivity contribution in [2.24, 2.45) is 0 Å². The van der Waals surface area contributed by atoms with Crippen LogP contribution >= 0.6 is 11.6 Å². The second kappa shape index (κ2) is 9.69. The molecule has 6 heteroatoms. The van der Waals surface area contributed by atoms with Gasteiger partial charge in [0.05, 0.1) is 0 Å². The van der Waals surface area contributed by atoms with Crippen molar-refractivity contribution in [3.63, 3.8) is 0 Å². The molecule has 0 saturated heterocycles. The van der Waals surface area contributed by atoms with E-state index in [1.807, 2.05) is 48.5 Å². The highest BCUT2D eigenvalue weighted by molar-refractivity contribution is 6.30. The smallest absolute Gasteiger partial charge is 0.266 e. The van der Waals surface area contributed by atoms with Crippen LogP contribution in [0.15, 0.2) is 101 Å². The van der Waals surface area contributed by atoms with Gasteiger partial charge < -0.3 is 14.5 Å². The van der Waals surface area contributed by atoms with Crippen molar-refractivity contribution in [1.82, 2.24) is 0 Å². The second-order valence-corrected chi connectivity index (χ2v) is 7.21. The van der Waals surface area contributed by atoms with E-state index in [0.717, 1.165) is 11.3 Å². The number of nitrogens with zero attached hydrogens (tertiary/aromatic N) is 1. The molecular weight excluding hydrogens is 424 g/mol. The van der Waals surface area contributed by atoms with Crippen molar-refractivity contribution in [3.8, 4) is 28.9 Å². The molecule has 0 spiro atoms. The number of halogens is 1. The molecule has 5 nitrogen and oxygen atoms in total. The quantitative estimate of drug-likeness (QED) is 0.260. The topological polar surface area (TPSA) is 75.3 Å². The molecule has 0 saturated carbocycles. The number of carbonyl (C=O) groups excluding carboxylic acids is 1. The number of amides is 1. The van der Waals surface area contributed by atoms with E-state index in [2.05, 4.69) is 5.32 Å². The summed E-state index contributed by atoms with van der Waals surface area (Å²) >= 11 is 6.02. The first kappa shape index (κ1) is 21.0. The number of carbonyl (C=O) groups is 1. The van der Waals surface area contributed by atoms with Gasteiger partial charge in [0.15, 0.2) is 0 Å². The van der Waals surface area contributed by atoms with Crippen LogP contribution in [0.4, 0.5) is 5.69 Å². The highest BCUT2D eigenvalue weighted by Crippen LogP contribution is 2.26. The molecule has 3 aromatic carbocycles. The van der Waals surface area contributed by atoms with Gasteiger partial charge in [0.1, 0.15) is 34.7 Å². The fraction of sp³-hybridized carbons (Fsp3) is 0. The molecule has 0 fully saturated rings. The highest BCUT2D eigenvalue weighted by atomic mass is 35.5. The molecule has 0 radical (unpaired) electrons. The largest absolute Gasteiger partial charge is 0.457 e. The number of ether oxygens (including phenoxy) is 1. The van der Waals surface area contributed by atoms with Crippen LogP contribution in [-0.2, 0) is 4.79 Å². The predicted molar refractivity (Wildman–Crippen MR) is 124 cm³/mol. The number of hydrogen-bond acceptors (Lipinski definition) is 4. The van der Waals surface area contributed by atoms with Crippen LogP contribution in [0, 0.1) is 11.3 Å². The van der Waals surface area contributed by atoms with Crippen molar-refractivity contribution in [1.29, 1.82) is 5.26 Å². The number of nitriles is 1. The lowest BCUT2D eigenvalue weighted by molar-refractivity contribution is -0.112. The van der Waals surface area contributed by atoms with Gasteiger partial charge in [0.2, 0.25) is 0 Å². The Bertz CT molecular complexity index is 1300. The van der Waals surface area contributed by atoms with Gasteiger partial charge in [-0.25, -0.2) is 0 Å². The van der Waals surface area contributed by atoms with Crippen LogP contribution in [0.5, 0.6) is 11.5 Å². The zero-order valence-corrected chi connectivity index (χ0v) is 17.5. The van der Waals surface area contributed by atoms with E-state index < -0.39 is 5.91 Å². The molecule has 0 bridgehead atoms. The van der Waals surface area contributed by atoms with Gasteiger partial charge in [-0.05, 0) is 60.7 Å². The minimum absolute atomic E-state index is 0.0818. The minimum atomic E-state index is -0.537. The van der Waals surface area contributed by atoms with E-state index >= 15 is 0 Å². The molecule has 4 rings (SSSR count). The zero-order valence-electron chi connectivity index (χ0n) is 16.8. The summed E-state index contributed by atoms with van der Waals surface area (Å²) in [4.78, 5) is 12.6. The number of furan rings is 1. The molecule has 1 amide bonds. The van der Waals surface area contributed by atoms with Crippen molar-refractivity contribution < 1.29 is 13.9 Å². The molecule has 0 unspecified atom stereocenters. The lowest BCUT2D eigenvalue weighted by atomic mass is 10.2. The molecule has 156 valence electrons. The third kappa shape index (κ3) is 5.25. The van der Waals surface area contributed by atoms with Crippen LogP contribution < -0.4 is 10.1 Å². The maximum atomic E-state index is 12.6. The van der Waals surface area contributed by atoms with E-state index in [1.54, 1.807) is 48.5 Å². The van der Waals surface area contributed by atoms with E-state index in [-0.39, 0.29) is 5.57 Å². The molecular formula is C26H17ClN2O3. The van der Waals surface area contributed by atoms with Crippen LogP contribution in [0.1, 0.15) is 5.76 Å². The first-order valence-electron chi connectivity index (χ1n) is 9.72. The maximum Gasteiger partial charge on any atom is 0.266 e. The lowest BCUT2D eigenvalue weighted by Gasteiger charge is -2.07. The van der Waals surface area contributed by atoms with Crippen molar-refractivity contribution >= 4 is 29.3 Å². The van der Waals surface area contributed by atoms with Gasteiger partial charge in [-0.1, -0.05) is 41.9 Å². The third-order valence-electron chi connectivity index (χ3n) is 4.48. The number of benzene rings is 3. The second-order valence-electron chi connectivity index (χ2n) is 6.78. The van der Waals surface area contributed by atoms with Gasteiger partial charge in [-0.2, -0.15) is 5.26 Å². The average molecular weight is 441 g/mol. The molecule has 1 heterocycles. The first-order valence-corrected chi connectivity index (χ1v) is 10.1. The normalized spacial score (nSPS) is 10.9. The Labute approximate surface area is 190 Å². The van der Waals surface area contributed by atoms with Gasteiger partial charge in [0.25, 0.3) is 5.91 Å². The molecule has 32 heavy (non-hydrogen) atoms. The summed E-state index contributed by atoms with van der Waals surface area (Å²) in [5, 5.41) is 12.7. The van der Waals surface area contributed by atoms with Gasteiger partial charge in [0, 0.05) is 22.3 Å². The Balaban J connectivity index is 1.44. The highest BCUT2D eigenvalue weighted by Gasteiger charge is 2.12. The zero-order chi connectivity index (χ0) is 22.3. The van der Waals surface area contributed by atoms with Gasteiger partial charge >= 0.3 is 0 Å². The molecule has 1 aromatic heterocycles. The standard InChI is InChI=1S/C26H17ClN2O3/c27-20-6-4-5-18(15-20)25-14-13-24(32-25)16-19(17-28)26(30)29-21-9-11-23(12-10-21)31-22-7-2-1-3-8-22/h1-16H,(H,29,30)/b19-16+. The summed E-state index contributed by atoms with van der Waals surface area (Å²) < 4.78 is 11.5. The lowest BCUT2D eigenvalue weighted by Crippen LogP contribution is -2.13. The average Bonchev–Trinajstić information content (AvgIpc) is 3.28. The monoisotopic (exact) mass is 440 g/mol. The SMILES string of the molecule is N#C/C(=C\c1ccc(-c2cccc(Cl)c2)o1)C(=O)Nc1ccc(Oc2ccccc2)cc1. The molecule has 0 aliphatic heterocycles. The van der Waals surface area contributed by atoms with Crippen LogP contribution in [0.2, 0.25) is 5.02 Å². The third-order valence-corrected chi connectivity index (χ3v) is 4.71.